The van der Waals surface area contributed by atoms with E-state index in [0.717, 1.165) is 59.7 Å². The third kappa shape index (κ3) is 5.67. The second-order valence-electron chi connectivity index (χ2n) is 7.64. The summed E-state index contributed by atoms with van der Waals surface area (Å²) < 4.78 is 0.912. The Morgan fingerprint density at radius 2 is 1.84 bits per heavy atom. The maximum absolute atomic E-state index is 12.7. The molecule has 0 aliphatic carbocycles. The molecule has 1 N–H and O–H groups in total. The number of piperazine rings is 1. The fourth-order valence-corrected chi connectivity index (χ4v) is 5.29. The highest BCUT2D eigenvalue weighted by molar-refractivity contribution is 8.01. The number of para-hydroxylation sites is 2. The maximum Gasteiger partial charge on any atom is 0.234 e. The molecule has 0 radical (unpaired) electrons. The van der Waals surface area contributed by atoms with E-state index in [2.05, 4.69) is 69.7 Å². The molecule has 0 spiro atoms. The summed E-state index contributed by atoms with van der Waals surface area (Å²) in [6.45, 7) is 9.45. The topological polar surface area (TPSA) is 48.5 Å². The molecule has 4 rings (SSSR count). The van der Waals surface area contributed by atoms with Crippen LogP contribution in [0.1, 0.15) is 12.5 Å². The summed E-state index contributed by atoms with van der Waals surface area (Å²) in [6, 6.07) is 16.5. The normalized spacial score (nSPS) is 14.6. The van der Waals surface area contributed by atoms with E-state index >= 15 is 0 Å². The lowest BCUT2D eigenvalue weighted by molar-refractivity contribution is -0.113. The van der Waals surface area contributed by atoms with Gasteiger partial charge >= 0.3 is 0 Å². The van der Waals surface area contributed by atoms with Crippen LogP contribution in [0.15, 0.2) is 58.3 Å². The van der Waals surface area contributed by atoms with Crippen LogP contribution >= 0.6 is 23.1 Å². The first kappa shape index (κ1) is 21.9. The van der Waals surface area contributed by atoms with Gasteiger partial charge in [-0.15, -0.1) is 11.3 Å². The van der Waals surface area contributed by atoms with Gasteiger partial charge in [-0.3, -0.25) is 4.79 Å². The predicted molar refractivity (Wildman–Crippen MR) is 132 cm³/mol. The average Bonchev–Trinajstić information content (AvgIpc) is 3.28. The standard InChI is InChI=1S/C24H28N4OS2/c1-3-27-12-14-28(15-13-27)22-7-5-4-6-20(22)25-23(29)17-31-24-26-21(16-30-24)19-10-8-18(2)9-11-19/h4-11,16H,3,12-15,17H2,1-2H3,(H,25,29). The number of aryl methyl sites for hydroxylation is 1. The number of carbonyl (C=O) groups is 1. The largest absolute Gasteiger partial charge is 0.367 e. The Kier molecular flexibility index (Phi) is 7.27. The van der Waals surface area contributed by atoms with Crippen molar-refractivity contribution in [1.29, 1.82) is 0 Å². The minimum atomic E-state index is -0.00303. The van der Waals surface area contributed by atoms with Gasteiger partial charge in [0.1, 0.15) is 0 Å². The molecule has 0 saturated carbocycles. The molecule has 2 aromatic carbocycles. The molecule has 7 heteroatoms. The number of carbonyl (C=O) groups excluding carboxylic acids is 1. The van der Waals surface area contributed by atoms with Crippen molar-refractivity contribution in [3.05, 3.63) is 59.5 Å². The van der Waals surface area contributed by atoms with Crippen LogP contribution in [0.25, 0.3) is 11.3 Å². The van der Waals surface area contributed by atoms with Gasteiger partial charge in [-0.1, -0.05) is 60.6 Å². The number of thiazole rings is 1. The quantitative estimate of drug-likeness (QED) is 0.512. The van der Waals surface area contributed by atoms with Gasteiger partial charge in [0.25, 0.3) is 0 Å². The molecule has 1 aliphatic heterocycles. The summed E-state index contributed by atoms with van der Waals surface area (Å²) in [5, 5.41) is 5.16. The molecule has 1 fully saturated rings. The van der Waals surface area contributed by atoms with Crippen LogP contribution in [-0.2, 0) is 4.79 Å². The van der Waals surface area contributed by atoms with E-state index in [1.54, 1.807) is 11.3 Å². The third-order valence-corrected chi connectivity index (χ3v) is 7.52. The zero-order valence-electron chi connectivity index (χ0n) is 18.0. The van der Waals surface area contributed by atoms with Crippen molar-refractivity contribution in [2.24, 2.45) is 0 Å². The van der Waals surface area contributed by atoms with Crippen LogP contribution in [0.4, 0.5) is 11.4 Å². The molecule has 1 saturated heterocycles. The minimum Gasteiger partial charge on any atom is -0.367 e. The molecule has 1 aliphatic rings. The van der Waals surface area contributed by atoms with Crippen molar-refractivity contribution in [2.45, 2.75) is 18.2 Å². The lowest BCUT2D eigenvalue weighted by Crippen LogP contribution is -2.46. The van der Waals surface area contributed by atoms with E-state index in [0.29, 0.717) is 5.75 Å². The van der Waals surface area contributed by atoms with Gasteiger partial charge in [0, 0.05) is 37.1 Å². The minimum absolute atomic E-state index is 0.00303. The number of thioether (sulfide) groups is 1. The number of nitrogens with zero attached hydrogens (tertiary/aromatic N) is 3. The maximum atomic E-state index is 12.7. The third-order valence-electron chi connectivity index (χ3n) is 5.50. The van der Waals surface area contributed by atoms with Gasteiger partial charge in [-0.25, -0.2) is 4.98 Å². The Labute approximate surface area is 192 Å². The Balaban J connectivity index is 1.34. The van der Waals surface area contributed by atoms with Crippen molar-refractivity contribution in [3.8, 4) is 11.3 Å². The number of amides is 1. The van der Waals surface area contributed by atoms with Crippen molar-refractivity contribution in [3.63, 3.8) is 0 Å². The smallest absolute Gasteiger partial charge is 0.234 e. The Hall–Kier alpha value is -2.35. The van der Waals surface area contributed by atoms with E-state index in [-0.39, 0.29) is 5.91 Å². The highest BCUT2D eigenvalue weighted by atomic mass is 32.2. The Morgan fingerprint density at radius 1 is 1.10 bits per heavy atom. The number of anilines is 2. The molecule has 0 atom stereocenters. The van der Waals surface area contributed by atoms with Gasteiger partial charge < -0.3 is 15.1 Å². The zero-order valence-corrected chi connectivity index (χ0v) is 19.6. The number of nitrogens with one attached hydrogen (secondary N) is 1. The van der Waals surface area contributed by atoms with Gasteiger partial charge in [0.05, 0.1) is 22.8 Å². The number of aromatic nitrogens is 1. The fourth-order valence-electron chi connectivity index (χ4n) is 3.65. The van der Waals surface area contributed by atoms with E-state index in [1.165, 1.54) is 17.3 Å². The first-order valence-corrected chi connectivity index (χ1v) is 12.5. The molecule has 2 heterocycles. The van der Waals surface area contributed by atoms with Crippen LogP contribution in [0.2, 0.25) is 0 Å². The Morgan fingerprint density at radius 3 is 2.58 bits per heavy atom. The fraction of sp³-hybridized carbons (Fsp3) is 0.333. The summed E-state index contributed by atoms with van der Waals surface area (Å²) in [5.74, 6) is 0.343. The molecule has 31 heavy (non-hydrogen) atoms. The highest BCUT2D eigenvalue weighted by Gasteiger charge is 2.19. The summed E-state index contributed by atoms with van der Waals surface area (Å²) >= 11 is 3.07. The lowest BCUT2D eigenvalue weighted by Gasteiger charge is -2.36. The Bertz CT molecular complexity index is 1010. The van der Waals surface area contributed by atoms with Gasteiger partial charge in [-0.05, 0) is 25.6 Å². The van der Waals surface area contributed by atoms with Crippen molar-refractivity contribution < 1.29 is 4.79 Å². The van der Waals surface area contributed by atoms with Crippen molar-refractivity contribution in [2.75, 3.05) is 48.7 Å². The van der Waals surface area contributed by atoms with Gasteiger partial charge in [0.15, 0.2) is 4.34 Å². The zero-order chi connectivity index (χ0) is 21.6. The van der Waals surface area contributed by atoms with E-state index < -0.39 is 0 Å². The summed E-state index contributed by atoms with van der Waals surface area (Å²) in [5.41, 5.74) is 5.29. The van der Waals surface area contributed by atoms with Crippen LogP contribution in [0.5, 0.6) is 0 Å². The van der Waals surface area contributed by atoms with Gasteiger partial charge in [-0.2, -0.15) is 0 Å². The number of benzene rings is 2. The second kappa shape index (κ2) is 10.3. The molecular formula is C24H28N4OS2. The molecule has 3 aromatic rings. The molecule has 1 aromatic heterocycles. The average molecular weight is 453 g/mol. The molecule has 162 valence electrons. The second-order valence-corrected chi connectivity index (χ2v) is 9.72. The molecule has 1 amide bonds. The number of likely N-dealkylation sites (N-methyl/N-ethyl adjacent to an activating group) is 1. The molecule has 0 bridgehead atoms. The number of hydrogen-bond donors (Lipinski definition) is 1. The van der Waals surface area contributed by atoms with Crippen molar-refractivity contribution in [1.82, 2.24) is 9.88 Å². The first-order chi connectivity index (χ1) is 15.1. The summed E-state index contributed by atoms with van der Waals surface area (Å²) in [6.07, 6.45) is 0. The number of hydrogen-bond acceptors (Lipinski definition) is 6. The summed E-state index contributed by atoms with van der Waals surface area (Å²) in [7, 11) is 0. The SMILES string of the molecule is CCN1CCN(c2ccccc2NC(=O)CSc2nc(-c3ccc(C)cc3)cs2)CC1. The van der Waals surface area contributed by atoms with E-state index in [4.69, 9.17) is 0 Å². The first-order valence-electron chi connectivity index (χ1n) is 10.6. The van der Waals surface area contributed by atoms with Crippen LogP contribution < -0.4 is 10.2 Å². The lowest BCUT2D eigenvalue weighted by atomic mass is 10.1. The molecular weight excluding hydrogens is 424 g/mol. The van der Waals surface area contributed by atoms with Crippen molar-refractivity contribution >= 4 is 40.4 Å². The highest BCUT2D eigenvalue weighted by Crippen LogP contribution is 2.30. The van der Waals surface area contributed by atoms with Crippen LogP contribution in [-0.4, -0.2) is 54.3 Å². The van der Waals surface area contributed by atoms with E-state index in [9.17, 15) is 4.79 Å². The summed E-state index contributed by atoms with van der Waals surface area (Å²) in [4.78, 5) is 22.2. The van der Waals surface area contributed by atoms with Crippen LogP contribution in [0.3, 0.4) is 0 Å². The molecule has 5 nitrogen and oxygen atoms in total. The van der Waals surface area contributed by atoms with Gasteiger partial charge in [0.2, 0.25) is 5.91 Å². The van der Waals surface area contributed by atoms with E-state index in [1.807, 2.05) is 18.2 Å². The predicted octanol–water partition coefficient (Wildman–Crippen LogP) is 4.99. The monoisotopic (exact) mass is 452 g/mol. The molecule has 0 unspecified atom stereocenters. The number of rotatable bonds is 7. The van der Waals surface area contributed by atoms with Crippen LogP contribution in [0, 0.1) is 6.92 Å².